The van der Waals surface area contributed by atoms with E-state index in [4.69, 9.17) is 4.55 Å². The summed E-state index contributed by atoms with van der Waals surface area (Å²) in [4.78, 5) is 0. The van der Waals surface area contributed by atoms with E-state index in [2.05, 4.69) is 5.32 Å². The third-order valence-corrected chi connectivity index (χ3v) is 4.47. The van der Waals surface area contributed by atoms with E-state index in [9.17, 15) is 69.9 Å². The van der Waals surface area contributed by atoms with Crippen LogP contribution in [0.25, 0.3) is 0 Å². The molecule has 0 saturated heterocycles. The minimum absolute atomic E-state index is 0.428. The smallest absolute Gasteiger partial charge is 0.323 e. The largest absolute Gasteiger partial charge is 0.438 e. The van der Waals surface area contributed by atoms with Crippen molar-refractivity contribution in [2.45, 2.75) is 67.0 Å². The van der Waals surface area contributed by atoms with Crippen LogP contribution in [0.5, 0.6) is 0 Å². The van der Waals surface area contributed by atoms with Gasteiger partial charge in [-0.05, 0) is 20.5 Å². The second kappa shape index (κ2) is 9.63. The molecule has 0 heterocycles. The maximum absolute atomic E-state index is 13.4. The molecule has 0 aromatic carbocycles. The van der Waals surface area contributed by atoms with Crippen LogP contribution < -0.4 is 5.32 Å². The van der Waals surface area contributed by atoms with E-state index in [0.717, 1.165) is 6.92 Å². The standard InChI is InChI=1S/C11H10F14O3S.C2H7N/c1-2-3-4-5(12,13)6(14,15)7(16,17)8(18,19)9(20,21)10(22,23)11(24,25)29(26,27)28;1-3-2/h2-4H2,1H3,(H,26,27,28);3H,1-2H3. The van der Waals surface area contributed by atoms with Crippen molar-refractivity contribution in [2.75, 3.05) is 14.1 Å². The van der Waals surface area contributed by atoms with E-state index in [1.807, 2.05) is 14.1 Å². The lowest BCUT2D eigenvalue weighted by atomic mass is 9.89. The van der Waals surface area contributed by atoms with Gasteiger partial charge in [0.2, 0.25) is 0 Å². The Morgan fingerprint density at radius 2 is 0.938 bits per heavy atom. The fraction of sp³-hybridized carbons (Fsp3) is 1.00. The number of hydrogen-bond acceptors (Lipinski definition) is 3. The Morgan fingerprint density at radius 1 is 0.656 bits per heavy atom. The number of hydrogen-bond donors (Lipinski definition) is 2. The molecular weight excluding hydrogens is 516 g/mol. The van der Waals surface area contributed by atoms with E-state index in [-0.39, 0.29) is 0 Å². The molecule has 0 aromatic rings. The molecule has 196 valence electrons. The molecule has 0 fully saturated rings. The Bertz CT molecular complexity index is 723. The molecule has 0 aliphatic carbocycles. The zero-order valence-corrected chi connectivity index (χ0v) is 16.9. The Hall–Kier alpha value is -1.11. The molecule has 0 saturated carbocycles. The zero-order chi connectivity index (χ0) is 26.8. The summed E-state index contributed by atoms with van der Waals surface area (Å²) in [6.07, 6.45) is -3.80. The molecular formula is C13H17F14NO3S. The van der Waals surface area contributed by atoms with Crippen molar-refractivity contribution < 1.29 is 74.4 Å². The van der Waals surface area contributed by atoms with Crippen molar-refractivity contribution in [1.82, 2.24) is 5.32 Å². The molecule has 0 aromatic heterocycles. The SMILES string of the molecule is CCCCC(F)(F)C(F)(F)C(F)(F)C(F)(F)C(F)(F)C(F)(F)C(F)(F)S(=O)(=O)O.CNC. The van der Waals surface area contributed by atoms with Gasteiger partial charge in [-0.1, -0.05) is 13.3 Å². The number of unbranched alkanes of at least 4 members (excludes halogenated alkanes) is 1. The first-order valence-corrected chi connectivity index (χ1v) is 9.37. The highest BCUT2D eigenvalue weighted by Gasteiger charge is 2.94. The average Bonchev–Trinajstić information content (AvgIpc) is 2.58. The van der Waals surface area contributed by atoms with E-state index in [0.29, 0.717) is 0 Å². The lowest BCUT2D eigenvalue weighted by molar-refractivity contribution is -0.436. The number of halogens is 14. The van der Waals surface area contributed by atoms with Gasteiger partial charge in [-0.3, -0.25) is 4.55 Å². The van der Waals surface area contributed by atoms with Gasteiger partial charge in [0.05, 0.1) is 0 Å². The highest BCUT2D eigenvalue weighted by Crippen LogP contribution is 2.63. The Kier molecular flexibility index (Phi) is 9.95. The maximum atomic E-state index is 13.4. The van der Waals surface area contributed by atoms with Crippen molar-refractivity contribution in [2.24, 2.45) is 0 Å². The van der Waals surface area contributed by atoms with Crippen LogP contribution in [-0.2, 0) is 10.1 Å². The Morgan fingerprint density at radius 3 is 1.22 bits per heavy atom. The first-order valence-electron chi connectivity index (χ1n) is 7.93. The molecule has 0 bridgehead atoms. The quantitative estimate of drug-likeness (QED) is 0.296. The van der Waals surface area contributed by atoms with Gasteiger partial charge in [0.25, 0.3) is 0 Å². The van der Waals surface area contributed by atoms with Gasteiger partial charge in [0, 0.05) is 6.42 Å². The second-order valence-corrected chi connectivity index (χ2v) is 7.63. The van der Waals surface area contributed by atoms with E-state index < -0.39 is 70.2 Å². The molecule has 2 N–H and O–H groups in total. The van der Waals surface area contributed by atoms with Gasteiger partial charge in [0.1, 0.15) is 0 Å². The third-order valence-electron chi connectivity index (χ3n) is 3.57. The van der Waals surface area contributed by atoms with Crippen molar-refractivity contribution in [3.63, 3.8) is 0 Å². The molecule has 32 heavy (non-hydrogen) atoms. The molecule has 0 aliphatic rings. The molecule has 0 spiro atoms. The van der Waals surface area contributed by atoms with E-state index in [1.165, 1.54) is 0 Å². The van der Waals surface area contributed by atoms with Gasteiger partial charge in [-0.25, -0.2) is 0 Å². The van der Waals surface area contributed by atoms with E-state index >= 15 is 0 Å². The Labute approximate surface area is 172 Å². The van der Waals surface area contributed by atoms with Crippen LogP contribution in [0.1, 0.15) is 26.2 Å². The molecule has 0 aliphatic heterocycles. The van der Waals surface area contributed by atoms with Crippen LogP contribution in [-0.4, -0.2) is 67.9 Å². The van der Waals surface area contributed by atoms with E-state index in [1.54, 1.807) is 0 Å². The molecule has 19 heteroatoms. The Balaban J connectivity index is 0. The summed E-state index contributed by atoms with van der Waals surface area (Å²) in [7, 11) is -3.95. The lowest BCUT2D eigenvalue weighted by Crippen LogP contribution is -2.73. The predicted octanol–water partition coefficient (Wildman–Crippen LogP) is 5.30. The summed E-state index contributed by atoms with van der Waals surface area (Å²) in [5.41, 5.74) is 0. The first-order chi connectivity index (χ1) is 13.7. The molecule has 0 amide bonds. The van der Waals surface area contributed by atoms with Crippen LogP contribution in [0, 0.1) is 0 Å². The zero-order valence-electron chi connectivity index (χ0n) is 16.1. The minimum atomic E-state index is -8.38. The van der Waals surface area contributed by atoms with Gasteiger partial charge in [0.15, 0.2) is 0 Å². The second-order valence-electron chi connectivity index (χ2n) is 6.17. The van der Waals surface area contributed by atoms with Crippen LogP contribution in [0.15, 0.2) is 0 Å². The normalized spacial score (nSPS) is 15.3. The van der Waals surface area contributed by atoms with Crippen LogP contribution in [0.3, 0.4) is 0 Å². The van der Waals surface area contributed by atoms with Crippen LogP contribution in [0.2, 0.25) is 0 Å². The van der Waals surface area contributed by atoms with Crippen LogP contribution >= 0.6 is 0 Å². The van der Waals surface area contributed by atoms with Gasteiger partial charge in [-0.15, -0.1) is 0 Å². The fourth-order valence-corrected chi connectivity index (χ4v) is 2.17. The monoisotopic (exact) mass is 533 g/mol. The molecule has 4 nitrogen and oxygen atoms in total. The lowest BCUT2D eigenvalue weighted by Gasteiger charge is -2.42. The number of alkyl halides is 14. The maximum Gasteiger partial charge on any atom is 0.438 e. The fourth-order valence-electron chi connectivity index (χ4n) is 1.72. The average molecular weight is 533 g/mol. The summed E-state index contributed by atoms with van der Waals surface area (Å²) >= 11 is 0. The summed E-state index contributed by atoms with van der Waals surface area (Å²) in [6.45, 7) is 1.02. The van der Waals surface area contributed by atoms with Gasteiger partial charge in [-0.2, -0.15) is 69.9 Å². The first kappa shape index (κ1) is 33.1. The number of rotatable bonds is 10. The summed E-state index contributed by atoms with van der Waals surface area (Å²) in [5, 5.41) is -4.86. The topological polar surface area (TPSA) is 66.4 Å². The van der Waals surface area contributed by atoms with Crippen molar-refractivity contribution in [3.05, 3.63) is 0 Å². The molecule has 0 radical (unpaired) electrons. The molecule has 0 unspecified atom stereocenters. The highest BCUT2D eigenvalue weighted by atomic mass is 32.2. The third kappa shape index (κ3) is 5.02. The summed E-state index contributed by atoms with van der Waals surface area (Å²) in [5.74, 6) is -46.7. The molecule has 0 rings (SSSR count). The van der Waals surface area contributed by atoms with Gasteiger partial charge >= 0.3 is 50.9 Å². The van der Waals surface area contributed by atoms with Crippen molar-refractivity contribution >= 4 is 10.1 Å². The summed E-state index contributed by atoms with van der Waals surface area (Å²) in [6, 6.07) is 0. The predicted molar refractivity (Wildman–Crippen MR) is 80.7 cm³/mol. The van der Waals surface area contributed by atoms with Crippen LogP contribution in [0.4, 0.5) is 61.5 Å². The van der Waals surface area contributed by atoms with Gasteiger partial charge < -0.3 is 5.32 Å². The highest BCUT2D eigenvalue weighted by molar-refractivity contribution is 7.87. The number of nitrogens with one attached hydrogen (secondary N) is 1. The minimum Gasteiger partial charge on any atom is -0.323 e. The van der Waals surface area contributed by atoms with Crippen molar-refractivity contribution in [3.8, 4) is 0 Å². The van der Waals surface area contributed by atoms with Crippen molar-refractivity contribution in [1.29, 1.82) is 0 Å². The summed E-state index contributed by atoms with van der Waals surface area (Å²) < 4.78 is 213. The molecule has 0 atom stereocenters.